The summed E-state index contributed by atoms with van der Waals surface area (Å²) < 4.78 is 5.61. The zero-order valence-corrected chi connectivity index (χ0v) is 12.9. The maximum absolute atomic E-state index is 12.1. The van der Waals surface area contributed by atoms with Gasteiger partial charge in [0, 0.05) is 10.9 Å². The monoisotopic (exact) mass is 298 g/mol. The first-order valence-electron chi connectivity index (χ1n) is 7.01. The molecule has 1 aromatic rings. The number of anilines is 1. The van der Waals surface area contributed by atoms with E-state index in [1.54, 1.807) is 18.2 Å². The minimum absolute atomic E-state index is 0.0398. The molecule has 1 atom stereocenters. The smallest absolute Gasteiger partial charge is 0.227 e. The molecule has 0 saturated heterocycles. The van der Waals surface area contributed by atoms with Gasteiger partial charge in [0.15, 0.2) is 0 Å². The second-order valence-corrected chi connectivity index (χ2v) is 5.25. The van der Waals surface area contributed by atoms with Gasteiger partial charge in [-0.15, -0.1) is 0 Å². The van der Waals surface area contributed by atoms with E-state index < -0.39 is 0 Å². The molecule has 4 nitrogen and oxygen atoms in total. The Morgan fingerprint density at radius 2 is 2.25 bits per heavy atom. The van der Waals surface area contributed by atoms with Gasteiger partial charge in [-0.25, -0.2) is 0 Å². The van der Waals surface area contributed by atoms with Gasteiger partial charge >= 0.3 is 0 Å². The molecule has 1 amide bonds. The third kappa shape index (κ3) is 5.39. The molecule has 0 aliphatic carbocycles. The summed E-state index contributed by atoms with van der Waals surface area (Å²) in [6.45, 7) is 5.12. The fourth-order valence-corrected chi connectivity index (χ4v) is 1.92. The van der Waals surface area contributed by atoms with E-state index in [2.05, 4.69) is 5.32 Å². The molecule has 0 aliphatic heterocycles. The molecule has 0 aromatic heterocycles. The van der Waals surface area contributed by atoms with Gasteiger partial charge in [0.2, 0.25) is 5.91 Å². The maximum atomic E-state index is 12.1. The number of rotatable bonds is 8. The standard InChI is InChI=1S/C15H23ClN2O2/c1-3-9-20-14-7-6-12(16)10-13(14)18-15(19)11(2)5-4-8-17/h6-7,10-11H,3-5,8-9,17H2,1-2H3,(H,18,19). The SMILES string of the molecule is CCCOc1ccc(Cl)cc1NC(=O)C(C)CCCN. The summed E-state index contributed by atoms with van der Waals surface area (Å²) in [5, 5.41) is 3.45. The second kappa shape index (κ2) is 8.82. The molecule has 0 fully saturated rings. The lowest BCUT2D eigenvalue weighted by molar-refractivity contribution is -0.119. The van der Waals surface area contributed by atoms with Gasteiger partial charge in [-0.1, -0.05) is 25.4 Å². The number of halogens is 1. The van der Waals surface area contributed by atoms with E-state index in [0.717, 1.165) is 19.3 Å². The van der Waals surface area contributed by atoms with Crippen molar-refractivity contribution in [2.75, 3.05) is 18.5 Å². The lowest BCUT2D eigenvalue weighted by Gasteiger charge is -2.15. The first kappa shape index (κ1) is 16.8. The van der Waals surface area contributed by atoms with E-state index in [9.17, 15) is 4.79 Å². The van der Waals surface area contributed by atoms with Crippen LogP contribution in [0.1, 0.15) is 33.1 Å². The summed E-state index contributed by atoms with van der Waals surface area (Å²) in [4.78, 5) is 12.1. The zero-order chi connectivity index (χ0) is 15.0. The largest absolute Gasteiger partial charge is 0.491 e. The van der Waals surface area contributed by atoms with Crippen LogP contribution in [-0.2, 0) is 4.79 Å². The number of nitrogens with two attached hydrogens (primary N) is 1. The minimum atomic E-state index is -0.0865. The van der Waals surface area contributed by atoms with Crippen molar-refractivity contribution in [3.8, 4) is 5.75 Å². The number of amides is 1. The Morgan fingerprint density at radius 1 is 1.50 bits per heavy atom. The van der Waals surface area contributed by atoms with Gasteiger partial charge in [-0.05, 0) is 44.0 Å². The highest BCUT2D eigenvalue weighted by Gasteiger charge is 2.15. The normalized spacial score (nSPS) is 12.0. The van der Waals surface area contributed by atoms with Crippen molar-refractivity contribution in [2.45, 2.75) is 33.1 Å². The van der Waals surface area contributed by atoms with E-state index in [4.69, 9.17) is 22.1 Å². The summed E-state index contributed by atoms with van der Waals surface area (Å²) >= 11 is 5.97. The van der Waals surface area contributed by atoms with E-state index in [1.165, 1.54) is 0 Å². The number of benzene rings is 1. The predicted molar refractivity (Wildman–Crippen MR) is 83.3 cm³/mol. The van der Waals surface area contributed by atoms with Crippen LogP contribution < -0.4 is 15.8 Å². The van der Waals surface area contributed by atoms with Gasteiger partial charge in [0.25, 0.3) is 0 Å². The molecule has 0 aliphatic rings. The Labute approximate surface area is 125 Å². The fraction of sp³-hybridized carbons (Fsp3) is 0.533. The molecule has 5 heteroatoms. The minimum Gasteiger partial charge on any atom is -0.491 e. The van der Waals surface area contributed by atoms with Gasteiger partial charge in [0.05, 0.1) is 12.3 Å². The Balaban J connectivity index is 2.73. The molecule has 3 N–H and O–H groups in total. The Kier molecular flexibility index (Phi) is 7.41. The Morgan fingerprint density at radius 3 is 2.90 bits per heavy atom. The summed E-state index contributed by atoms with van der Waals surface area (Å²) in [5.41, 5.74) is 6.08. The van der Waals surface area contributed by atoms with Gasteiger partial charge in [-0.3, -0.25) is 4.79 Å². The van der Waals surface area contributed by atoms with Crippen LogP contribution in [0.4, 0.5) is 5.69 Å². The molecule has 0 spiro atoms. The zero-order valence-electron chi connectivity index (χ0n) is 12.1. The average molecular weight is 299 g/mol. The Hall–Kier alpha value is -1.26. The molecule has 20 heavy (non-hydrogen) atoms. The van der Waals surface area contributed by atoms with Crippen molar-refractivity contribution in [1.82, 2.24) is 0 Å². The van der Waals surface area contributed by atoms with Crippen LogP contribution in [0.5, 0.6) is 5.75 Å². The number of hydrogen-bond donors (Lipinski definition) is 2. The maximum Gasteiger partial charge on any atom is 0.227 e. The highest BCUT2D eigenvalue weighted by atomic mass is 35.5. The summed E-state index contributed by atoms with van der Waals surface area (Å²) in [5.74, 6) is 0.522. The van der Waals surface area contributed by atoms with Crippen molar-refractivity contribution >= 4 is 23.2 Å². The molecule has 0 bridgehead atoms. The van der Waals surface area contributed by atoms with Crippen molar-refractivity contribution in [3.63, 3.8) is 0 Å². The molecule has 1 rings (SSSR count). The molecule has 112 valence electrons. The third-order valence-corrected chi connectivity index (χ3v) is 3.19. The molecule has 1 unspecified atom stereocenters. The molecule has 0 saturated carbocycles. The summed E-state index contributed by atoms with van der Waals surface area (Å²) in [6, 6.07) is 5.23. The van der Waals surface area contributed by atoms with E-state index in [1.807, 2.05) is 13.8 Å². The third-order valence-electron chi connectivity index (χ3n) is 2.95. The van der Waals surface area contributed by atoms with Crippen molar-refractivity contribution in [3.05, 3.63) is 23.2 Å². The fourth-order valence-electron chi connectivity index (χ4n) is 1.75. The molecule has 0 radical (unpaired) electrons. The molecular formula is C15H23ClN2O2. The van der Waals surface area contributed by atoms with Crippen LogP contribution in [0.15, 0.2) is 18.2 Å². The van der Waals surface area contributed by atoms with Gasteiger partial charge < -0.3 is 15.8 Å². The lowest BCUT2D eigenvalue weighted by atomic mass is 10.0. The highest BCUT2D eigenvalue weighted by Crippen LogP contribution is 2.28. The number of ether oxygens (including phenoxy) is 1. The van der Waals surface area contributed by atoms with Crippen LogP contribution in [0.25, 0.3) is 0 Å². The van der Waals surface area contributed by atoms with E-state index in [0.29, 0.717) is 29.6 Å². The van der Waals surface area contributed by atoms with Gasteiger partial charge in [-0.2, -0.15) is 0 Å². The first-order valence-corrected chi connectivity index (χ1v) is 7.39. The van der Waals surface area contributed by atoms with Gasteiger partial charge in [0.1, 0.15) is 5.75 Å². The molecule has 1 aromatic carbocycles. The number of carbonyl (C=O) groups excluding carboxylic acids is 1. The number of carbonyl (C=O) groups is 1. The summed E-state index contributed by atoms with van der Waals surface area (Å²) in [6.07, 6.45) is 2.51. The molecule has 0 heterocycles. The first-order chi connectivity index (χ1) is 9.58. The van der Waals surface area contributed by atoms with Crippen molar-refractivity contribution in [2.24, 2.45) is 11.7 Å². The lowest BCUT2D eigenvalue weighted by Crippen LogP contribution is -2.21. The average Bonchev–Trinajstić information content (AvgIpc) is 2.43. The van der Waals surface area contributed by atoms with Crippen LogP contribution in [0.3, 0.4) is 0 Å². The quantitative estimate of drug-likeness (QED) is 0.772. The Bertz CT molecular complexity index is 438. The van der Waals surface area contributed by atoms with E-state index in [-0.39, 0.29) is 11.8 Å². The molecular weight excluding hydrogens is 276 g/mol. The van der Waals surface area contributed by atoms with Crippen LogP contribution in [-0.4, -0.2) is 19.1 Å². The van der Waals surface area contributed by atoms with Crippen molar-refractivity contribution in [1.29, 1.82) is 0 Å². The van der Waals surface area contributed by atoms with Crippen LogP contribution in [0, 0.1) is 5.92 Å². The highest BCUT2D eigenvalue weighted by molar-refractivity contribution is 6.31. The second-order valence-electron chi connectivity index (χ2n) is 4.81. The van der Waals surface area contributed by atoms with Crippen LogP contribution in [0.2, 0.25) is 5.02 Å². The topological polar surface area (TPSA) is 64.3 Å². The number of nitrogens with one attached hydrogen (secondary N) is 1. The summed E-state index contributed by atoms with van der Waals surface area (Å²) in [7, 11) is 0. The number of hydrogen-bond acceptors (Lipinski definition) is 3. The van der Waals surface area contributed by atoms with Crippen molar-refractivity contribution < 1.29 is 9.53 Å². The van der Waals surface area contributed by atoms with E-state index >= 15 is 0 Å². The van der Waals surface area contributed by atoms with Crippen LogP contribution >= 0.6 is 11.6 Å². The predicted octanol–water partition coefficient (Wildman–Crippen LogP) is 3.44.